The SMILES string of the molecule is NCCO.NCCO.O=C(O)C[C@H](NCCN[C@@H](CC(=O)O)C(=O)O)C(=O)O.[Na+].[Na+]. The normalized spacial score (nSPS) is 10.9. The van der Waals surface area contributed by atoms with Crippen molar-refractivity contribution < 1.29 is 109 Å². The maximum absolute atomic E-state index is 10.7. The summed E-state index contributed by atoms with van der Waals surface area (Å²) in [4.78, 5) is 42.2. The van der Waals surface area contributed by atoms with Gasteiger partial charge in [0.05, 0.1) is 26.1 Å². The molecule has 0 amide bonds. The van der Waals surface area contributed by atoms with Crippen LogP contribution in [0.2, 0.25) is 0 Å². The average Bonchev–Trinajstić information content (AvgIpc) is 2.62. The predicted octanol–water partition coefficient (Wildman–Crippen LogP) is -10.1. The molecule has 12 N–H and O–H groups in total. The molecule has 0 spiro atoms. The Kier molecular flexibility index (Phi) is 38.2. The maximum Gasteiger partial charge on any atom is 1.00 e. The van der Waals surface area contributed by atoms with Gasteiger partial charge in [-0.1, -0.05) is 0 Å². The van der Waals surface area contributed by atoms with Gasteiger partial charge in [-0.15, -0.1) is 0 Å². The van der Waals surface area contributed by atoms with Crippen molar-refractivity contribution in [3.05, 3.63) is 0 Å². The number of aliphatic hydroxyl groups is 2. The molecule has 0 aliphatic heterocycles. The van der Waals surface area contributed by atoms with Gasteiger partial charge in [-0.2, -0.15) is 0 Å². The number of carbonyl (C=O) groups is 4. The number of nitrogens with two attached hydrogens (primary N) is 2. The number of rotatable bonds is 13. The molecule has 0 aromatic rings. The van der Waals surface area contributed by atoms with Gasteiger partial charge in [0.2, 0.25) is 0 Å². The van der Waals surface area contributed by atoms with E-state index in [1.807, 2.05) is 0 Å². The van der Waals surface area contributed by atoms with Gasteiger partial charge in [-0.3, -0.25) is 19.2 Å². The molecule has 0 aliphatic rings. The zero-order chi connectivity index (χ0) is 22.5. The number of nitrogens with one attached hydrogen (secondary N) is 2. The van der Waals surface area contributed by atoms with Gasteiger partial charge >= 0.3 is 83.0 Å². The molecule has 0 aliphatic carbocycles. The summed E-state index contributed by atoms with van der Waals surface area (Å²) in [6.45, 7) is 0.904. The predicted molar refractivity (Wildman–Crippen MR) is 95.6 cm³/mol. The fourth-order valence-corrected chi connectivity index (χ4v) is 1.34. The monoisotopic (exact) mass is 460 g/mol. The minimum atomic E-state index is -1.34. The Morgan fingerprint density at radius 1 is 0.667 bits per heavy atom. The van der Waals surface area contributed by atoms with E-state index >= 15 is 0 Å². The molecule has 0 aromatic heterocycles. The molecule has 0 heterocycles. The first-order chi connectivity index (χ1) is 13.1. The Morgan fingerprint density at radius 2 is 0.900 bits per heavy atom. The third-order valence-corrected chi connectivity index (χ3v) is 2.52. The van der Waals surface area contributed by atoms with Crippen molar-refractivity contribution in [3.8, 4) is 0 Å². The number of hydrogen-bond acceptors (Lipinski definition) is 10. The van der Waals surface area contributed by atoms with Crippen LogP contribution in [0.15, 0.2) is 0 Å². The van der Waals surface area contributed by atoms with E-state index in [1.165, 1.54) is 0 Å². The van der Waals surface area contributed by atoms with Crippen LogP contribution in [-0.4, -0.2) is 106 Å². The molecule has 166 valence electrons. The van der Waals surface area contributed by atoms with Crippen LogP contribution in [-0.2, 0) is 19.2 Å². The average molecular weight is 460 g/mol. The van der Waals surface area contributed by atoms with Gasteiger partial charge in [-0.25, -0.2) is 0 Å². The Morgan fingerprint density at radius 3 is 1.03 bits per heavy atom. The summed E-state index contributed by atoms with van der Waals surface area (Å²) in [7, 11) is 0. The Bertz CT molecular complexity index is 416. The molecular weight excluding hydrogens is 430 g/mol. The summed E-state index contributed by atoms with van der Waals surface area (Å²) >= 11 is 0. The molecule has 0 radical (unpaired) electrons. The first-order valence-electron chi connectivity index (χ1n) is 8.05. The summed E-state index contributed by atoms with van der Waals surface area (Å²) in [5.41, 5.74) is 9.56. The van der Waals surface area contributed by atoms with Gasteiger partial charge in [0.1, 0.15) is 12.1 Å². The standard InChI is InChI=1S/C10H16N2O8.2C2H7NO.2Na/c13-7(14)3-5(9(17)18)11-1-2-12-6(10(19)20)4-8(15)16;2*3-1-2-4;;/h5-6,11-12H,1-4H2,(H,13,14)(H,15,16)(H,17,18)(H,19,20);2*4H,1-3H2;;/q;;;2*+1/t5-,6-;;;;/m0..../s1. The van der Waals surface area contributed by atoms with Crippen molar-refractivity contribution in [2.75, 3.05) is 39.4 Å². The number of hydrogen-bond donors (Lipinski definition) is 10. The number of aliphatic hydroxyl groups excluding tert-OH is 2. The number of aliphatic carboxylic acids is 4. The van der Waals surface area contributed by atoms with Crippen molar-refractivity contribution in [1.29, 1.82) is 0 Å². The van der Waals surface area contributed by atoms with Gasteiger partial charge in [-0.05, 0) is 0 Å². The molecule has 0 rings (SSSR count). The molecule has 0 fully saturated rings. The molecule has 0 aromatic carbocycles. The van der Waals surface area contributed by atoms with Gasteiger partial charge < -0.3 is 52.7 Å². The zero-order valence-electron chi connectivity index (χ0n) is 17.3. The van der Waals surface area contributed by atoms with Crippen molar-refractivity contribution >= 4 is 23.9 Å². The Balaban J connectivity index is -0.000000178. The third-order valence-electron chi connectivity index (χ3n) is 2.52. The summed E-state index contributed by atoms with van der Waals surface area (Å²) in [6, 6.07) is -2.59. The maximum atomic E-state index is 10.7. The van der Waals surface area contributed by atoms with Crippen molar-refractivity contribution in [3.63, 3.8) is 0 Å². The van der Waals surface area contributed by atoms with Gasteiger partial charge in [0.15, 0.2) is 0 Å². The third kappa shape index (κ3) is 32.3. The van der Waals surface area contributed by atoms with E-state index in [-0.39, 0.29) is 85.4 Å². The number of carboxylic acid groups (broad SMARTS) is 4. The van der Waals surface area contributed by atoms with Crippen LogP contribution in [0.4, 0.5) is 0 Å². The molecular formula is C14H30N4Na2O10+2. The summed E-state index contributed by atoms with van der Waals surface area (Å²) in [6.07, 6.45) is -1.24. The van der Waals surface area contributed by atoms with Crippen LogP contribution in [0.25, 0.3) is 0 Å². The van der Waals surface area contributed by atoms with E-state index in [4.69, 9.17) is 42.1 Å². The summed E-state index contributed by atoms with van der Waals surface area (Å²) in [5, 5.41) is 54.7. The minimum Gasteiger partial charge on any atom is -0.481 e. The molecule has 0 saturated carbocycles. The minimum absolute atomic E-state index is 0. The van der Waals surface area contributed by atoms with Crippen molar-refractivity contribution in [2.45, 2.75) is 24.9 Å². The van der Waals surface area contributed by atoms with E-state index in [0.717, 1.165) is 0 Å². The van der Waals surface area contributed by atoms with E-state index in [2.05, 4.69) is 10.6 Å². The van der Waals surface area contributed by atoms with Gasteiger partial charge in [0.25, 0.3) is 0 Å². The summed E-state index contributed by atoms with van der Waals surface area (Å²) < 4.78 is 0. The smallest absolute Gasteiger partial charge is 0.481 e. The van der Waals surface area contributed by atoms with Crippen molar-refractivity contribution in [2.24, 2.45) is 11.5 Å². The van der Waals surface area contributed by atoms with Crippen LogP contribution < -0.4 is 81.2 Å². The Labute approximate surface area is 218 Å². The van der Waals surface area contributed by atoms with Crippen LogP contribution in [0.3, 0.4) is 0 Å². The van der Waals surface area contributed by atoms with E-state index in [0.29, 0.717) is 13.1 Å². The second-order valence-electron chi connectivity index (χ2n) is 4.91. The first kappa shape index (κ1) is 40.0. The van der Waals surface area contributed by atoms with Gasteiger partial charge in [0, 0.05) is 26.2 Å². The zero-order valence-corrected chi connectivity index (χ0v) is 21.3. The second-order valence-corrected chi connectivity index (χ2v) is 4.91. The van der Waals surface area contributed by atoms with Crippen molar-refractivity contribution in [1.82, 2.24) is 10.6 Å². The first-order valence-corrected chi connectivity index (χ1v) is 8.05. The quantitative estimate of drug-likeness (QED) is 0.0903. The van der Waals surface area contributed by atoms with E-state index in [1.54, 1.807) is 0 Å². The molecule has 0 unspecified atom stereocenters. The topological polar surface area (TPSA) is 266 Å². The molecule has 30 heavy (non-hydrogen) atoms. The second kappa shape index (κ2) is 28.6. The fourth-order valence-electron chi connectivity index (χ4n) is 1.34. The molecule has 14 nitrogen and oxygen atoms in total. The Hall–Kier alpha value is -0.360. The van der Waals surface area contributed by atoms with E-state index in [9.17, 15) is 19.2 Å². The molecule has 0 saturated heterocycles. The van der Waals surface area contributed by atoms with Crippen LogP contribution in [0.1, 0.15) is 12.8 Å². The summed E-state index contributed by atoms with van der Waals surface area (Å²) in [5.74, 6) is -5.25. The largest absolute Gasteiger partial charge is 1.00 e. The van der Waals surface area contributed by atoms with Crippen LogP contribution in [0, 0.1) is 0 Å². The van der Waals surface area contributed by atoms with Crippen LogP contribution >= 0.6 is 0 Å². The molecule has 2 atom stereocenters. The van der Waals surface area contributed by atoms with Crippen LogP contribution in [0.5, 0.6) is 0 Å². The molecule has 0 bridgehead atoms. The van der Waals surface area contributed by atoms with E-state index < -0.39 is 48.8 Å². The molecule has 16 heteroatoms. The fraction of sp³-hybridized carbons (Fsp3) is 0.714. The number of carboxylic acids is 4.